The molecule has 0 saturated carbocycles. The molecule has 2 heterocycles. The molecular weight excluding hydrogens is 236 g/mol. The van der Waals surface area contributed by atoms with Crippen LogP contribution in [0.5, 0.6) is 0 Å². The summed E-state index contributed by atoms with van der Waals surface area (Å²) in [6, 6.07) is 4.29. The van der Waals surface area contributed by atoms with Gasteiger partial charge in [-0.05, 0) is 31.9 Å². The van der Waals surface area contributed by atoms with E-state index in [2.05, 4.69) is 32.6 Å². The quantitative estimate of drug-likeness (QED) is 0.814. The first-order chi connectivity index (χ1) is 8.74. The van der Waals surface area contributed by atoms with Crippen LogP contribution in [0.2, 0.25) is 0 Å². The smallest absolute Gasteiger partial charge is 0.173 e. The molecule has 0 spiro atoms. The average molecular weight is 260 g/mol. The van der Waals surface area contributed by atoms with Gasteiger partial charge in [-0.15, -0.1) is 0 Å². The molecule has 0 radical (unpaired) electrons. The lowest BCUT2D eigenvalue weighted by molar-refractivity contribution is 0.0831. The number of hydrogen-bond acceptors (Lipinski definition) is 3. The lowest BCUT2D eigenvalue weighted by Crippen LogP contribution is -2.48. The second-order valence-corrected chi connectivity index (χ2v) is 6.70. The number of carbonyl (C=O) groups excluding carboxylic acids is 1. The molecule has 1 aliphatic heterocycles. The molecule has 0 fully saturated rings. The first kappa shape index (κ1) is 14.0. The van der Waals surface area contributed by atoms with Crippen LogP contribution in [0, 0.1) is 5.41 Å². The van der Waals surface area contributed by atoms with Crippen LogP contribution in [0.3, 0.4) is 0 Å². The molecule has 3 nitrogen and oxygen atoms in total. The summed E-state index contributed by atoms with van der Waals surface area (Å²) in [7, 11) is 0. The van der Waals surface area contributed by atoms with Crippen molar-refractivity contribution in [3.05, 3.63) is 23.4 Å². The Balaban J connectivity index is 2.58. The highest BCUT2D eigenvalue weighted by molar-refractivity contribution is 6.06. The Bertz CT molecular complexity index is 503. The van der Waals surface area contributed by atoms with Gasteiger partial charge in [-0.1, -0.05) is 27.7 Å². The maximum Gasteiger partial charge on any atom is 0.173 e. The largest absolute Gasteiger partial charge is 0.353 e. The molecule has 1 aromatic rings. The highest BCUT2D eigenvalue weighted by Gasteiger charge is 2.39. The molecule has 19 heavy (non-hydrogen) atoms. The molecule has 1 aromatic heterocycles. The van der Waals surface area contributed by atoms with E-state index in [0.29, 0.717) is 12.0 Å². The zero-order chi connectivity index (χ0) is 14.4. The minimum Gasteiger partial charge on any atom is -0.353 e. The molecule has 1 aliphatic rings. The standard InChI is InChI=1S/C16H24N2O/c1-10(2)13-8-7-12-14(19)16(5,6)9-18(11(3)4)15(12)17-13/h7-8,10-11H,9H2,1-6H3. The molecule has 3 heteroatoms. The van der Waals surface area contributed by atoms with E-state index in [1.54, 1.807) is 0 Å². The number of ketones is 1. The molecule has 2 rings (SSSR count). The summed E-state index contributed by atoms with van der Waals surface area (Å²) < 4.78 is 0. The highest BCUT2D eigenvalue weighted by atomic mass is 16.1. The van der Waals surface area contributed by atoms with Gasteiger partial charge >= 0.3 is 0 Å². The summed E-state index contributed by atoms with van der Waals surface area (Å²) in [5.74, 6) is 1.46. The molecule has 0 unspecified atom stereocenters. The van der Waals surface area contributed by atoms with Crippen LogP contribution in [0.1, 0.15) is 63.5 Å². The number of rotatable bonds is 2. The number of pyridine rings is 1. The van der Waals surface area contributed by atoms with Crippen LogP contribution < -0.4 is 4.90 Å². The fraction of sp³-hybridized carbons (Fsp3) is 0.625. The normalized spacial score (nSPS) is 18.1. The average Bonchev–Trinajstić information content (AvgIpc) is 2.33. The maximum absolute atomic E-state index is 12.5. The van der Waals surface area contributed by atoms with Gasteiger partial charge in [0.2, 0.25) is 0 Å². The highest BCUT2D eigenvalue weighted by Crippen LogP contribution is 2.36. The van der Waals surface area contributed by atoms with E-state index in [0.717, 1.165) is 23.6 Å². The summed E-state index contributed by atoms with van der Waals surface area (Å²) in [6.45, 7) is 13.3. The Hall–Kier alpha value is -1.38. The van der Waals surface area contributed by atoms with Gasteiger partial charge in [-0.2, -0.15) is 0 Å². The molecule has 0 N–H and O–H groups in total. The van der Waals surface area contributed by atoms with Gasteiger partial charge in [-0.25, -0.2) is 4.98 Å². The summed E-state index contributed by atoms with van der Waals surface area (Å²) >= 11 is 0. The SMILES string of the molecule is CC(C)c1ccc2c(n1)N(C(C)C)CC(C)(C)C2=O. The molecular formula is C16H24N2O. The first-order valence-electron chi connectivity index (χ1n) is 7.06. The summed E-state index contributed by atoms with van der Waals surface area (Å²) in [4.78, 5) is 19.5. The van der Waals surface area contributed by atoms with E-state index in [1.807, 2.05) is 26.0 Å². The first-order valence-corrected chi connectivity index (χ1v) is 7.06. The predicted molar refractivity (Wildman–Crippen MR) is 78.9 cm³/mol. The number of aromatic nitrogens is 1. The minimum absolute atomic E-state index is 0.210. The van der Waals surface area contributed by atoms with E-state index in [-0.39, 0.29) is 11.2 Å². The van der Waals surface area contributed by atoms with E-state index < -0.39 is 0 Å². The molecule has 0 atom stereocenters. The van der Waals surface area contributed by atoms with Crippen molar-refractivity contribution in [1.82, 2.24) is 4.98 Å². The number of nitrogens with zero attached hydrogens (tertiary/aromatic N) is 2. The van der Waals surface area contributed by atoms with Gasteiger partial charge in [0.25, 0.3) is 0 Å². The van der Waals surface area contributed by atoms with Crippen molar-refractivity contribution in [1.29, 1.82) is 0 Å². The topological polar surface area (TPSA) is 33.2 Å². The van der Waals surface area contributed by atoms with Gasteiger partial charge in [-0.3, -0.25) is 4.79 Å². The summed E-state index contributed by atoms with van der Waals surface area (Å²) in [5.41, 5.74) is 1.49. The fourth-order valence-electron chi connectivity index (χ4n) is 2.55. The van der Waals surface area contributed by atoms with Crippen LogP contribution in [-0.4, -0.2) is 23.4 Å². The molecule has 0 amide bonds. The van der Waals surface area contributed by atoms with E-state index >= 15 is 0 Å². The van der Waals surface area contributed by atoms with Crippen LogP contribution in [0.15, 0.2) is 12.1 Å². The lowest BCUT2D eigenvalue weighted by atomic mass is 9.80. The number of hydrogen-bond donors (Lipinski definition) is 0. The fourth-order valence-corrected chi connectivity index (χ4v) is 2.55. The van der Waals surface area contributed by atoms with Gasteiger partial charge in [0.1, 0.15) is 5.82 Å². The second-order valence-electron chi connectivity index (χ2n) is 6.70. The third kappa shape index (κ3) is 2.38. The van der Waals surface area contributed by atoms with Gasteiger partial charge in [0, 0.05) is 23.7 Å². The number of carbonyl (C=O) groups is 1. The monoisotopic (exact) mass is 260 g/mol. The Labute approximate surface area is 116 Å². The van der Waals surface area contributed by atoms with Crippen LogP contribution >= 0.6 is 0 Å². The number of anilines is 1. The van der Waals surface area contributed by atoms with Gasteiger partial charge < -0.3 is 4.90 Å². The molecule has 104 valence electrons. The van der Waals surface area contributed by atoms with E-state index in [1.165, 1.54) is 0 Å². The van der Waals surface area contributed by atoms with Gasteiger partial charge in [0.15, 0.2) is 5.78 Å². The Morgan fingerprint density at radius 1 is 1.21 bits per heavy atom. The third-order valence-corrected chi connectivity index (χ3v) is 3.81. The third-order valence-electron chi connectivity index (χ3n) is 3.81. The minimum atomic E-state index is -0.335. The number of fused-ring (bicyclic) bond motifs is 1. The zero-order valence-corrected chi connectivity index (χ0v) is 12.8. The molecule has 0 bridgehead atoms. The van der Waals surface area contributed by atoms with Crippen LogP contribution in [0.25, 0.3) is 0 Å². The van der Waals surface area contributed by atoms with Crippen molar-refractivity contribution in [3.63, 3.8) is 0 Å². The number of Topliss-reactive ketones (excluding diaryl/α,β-unsaturated/α-hetero) is 1. The van der Waals surface area contributed by atoms with E-state index in [9.17, 15) is 4.79 Å². The van der Waals surface area contributed by atoms with Crippen molar-refractivity contribution in [3.8, 4) is 0 Å². The van der Waals surface area contributed by atoms with Crippen molar-refractivity contribution >= 4 is 11.6 Å². The molecule has 0 saturated heterocycles. The van der Waals surface area contributed by atoms with Crippen molar-refractivity contribution in [2.24, 2.45) is 5.41 Å². The second kappa shape index (κ2) is 4.62. The van der Waals surface area contributed by atoms with Gasteiger partial charge in [0.05, 0.1) is 5.56 Å². The summed E-state index contributed by atoms with van der Waals surface area (Å²) in [5, 5.41) is 0. The van der Waals surface area contributed by atoms with Crippen LogP contribution in [0.4, 0.5) is 5.82 Å². The Kier molecular flexibility index (Phi) is 3.41. The molecule has 0 aliphatic carbocycles. The van der Waals surface area contributed by atoms with Crippen molar-refractivity contribution < 1.29 is 4.79 Å². The maximum atomic E-state index is 12.5. The lowest BCUT2D eigenvalue weighted by Gasteiger charge is -2.41. The predicted octanol–water partition coefficient (Wildman–Crippen LogP) is 3.64. The van der Waals surface area contributed by atoms with E-state index in [4.69, 9.17) is 4.98 Å². The molecule has 0 aromatic carbocycles. The van der Waals surface area contributed by atoms with Crippen molar-refractivity contribution in [2.45, 2.75) is 53.5 Å². The van der Waals surface area contributed by atoms with Crippen LogP contribution in [-0.2, 0) is 0 Å². The zero-order valence-electron chi connectivity index (χ0n) is 12.8. The Morgan fingerprint density at radius 3 is 2.37 bits per heavy atom. The van der Waals surface area contributed by atoms with Crippen molar-refractivity contribution in [2.75, 3.05) is 11.4 Å². The Morgan fingerprint density at radius 2 is 1.84 bits per heavy atom. The summed E-state index contributed by atoms with van der Waals surface area (Å²) in [6.07, 6.45) is 0.